The number of carbonyl (C=O) groups excluding carboxylic acids is 2. The lowest BCUT2D eigenvalue weighted by atomic mass is 9.78. The Kier molecular flexibility index (Phi) is 5.16. The molecule has 3 rings (SSSR count). The molecule has 2 bridgehead atoms. The van der Waals surface area contributed by atoms with Gasteiger partial charge >= 0.3 is 11.9 Å². The Morgan fingerprint density at radius 3 is 2.74 bits per heavy atom. The maximum Gasteiger partial charge on any atom is 0.334 e. The Hall–Kier alpha value is -1.44. The number of carbonyl (C=O) groups is 2. The number of hydrogen-bond acceptors (Lipinski definition) is 7. The van der Waals surface area contributed by atoms with E-state index in [1.807, 2.05) is 6.92 Å². The second-order valence-corrected chi connectivity index (χ2v) is 8.60. The molecular formula is C20H30O7. The van der Waals surface area contributed by atoms with Crippen LogP contribution in [0, 0.1) is 17.8 Å². The van der Waals surface area contributed by atoms with E-state index in [-0.39, 0.29) is 36.2 Å². The van der Waals surface area contributed by atoms with E-state index in [9.17, 15) is 19.8 Å². The monoisotopic (exact) mass is 382 g/mol. The van der Waals surface area contributed by atoms with Gasteiger partial charge in [0.15, 0.2) is 5.79 Å². The summed E-state index contributed by atoms with van der Waals surface area (Å²) in [4.78, 5) is 24.7. The highest BCUT2D eigenvalue weighted by Crippen LogP contribution is 2.49. The molecule has 27 heavy (non-hydrogen) atoms. The summed E-state index contributed by atoms with van der Waals surface area (Å²) in [6, 6.07) is 0. The summed E-state index contributed by atoms with van der Waals surface area (Å²) >= 11 is 0. The molecule has 0 aliphatic carbocycles. The Balaban J connectivity index is 1.99. The average molecular weight is 382 g/mol. The molecular weight excluding hydrogens is 352 g/mol. The van der Waals surface area contributed by atoms with Gasteiger partial charge in [-0.15, -0.1) is 0 Å². The van der Waals surface area contributed by atoms with Gasteiger partial charge in [-0.05, 0) is 19.8 Å². The topological polar surface area (TPSA) is 102 Å². The molecule has 0 aromatic carbocycles. The van der Waals surface area contributed by atoms with Gasteiger partial charge < -0.3 is 24.4 Å². The molecule has 0 spiro atoms. The lowest BCUT2D eigenvalue weighted by molar-refractivity contribution is -0.253. The molecule has 0 amide bonds. The van der Waals surface area contributed by atoms with Crippen LogP contribution in [0.4, 0.5) is 0 Å². The SMILES string of the molecule is C=C1C(=O)OC2CC(C)C3(O)CC(O)C(C)(CC(OC(=O)C(C)CC)C12)O3. The Labute approximate surface area is 159 Å². The van der Waals surface area contributed by atoms with E-state index in [0.29, 0.717) is 12.8 Å². The van der Waals surface area contributed by atoms with Gasteiger partial charge in [-0.1, -0.05) is 27.4 Å². The molecule has 0 saturated carbocycles. The van der Waals surface area contributed by atoms with Crippen molar-refractivity contribution in [2.24, 2.45) is 17.8 Å². The van der Waals surface area contributed by atoms with Crippen molar-refractivity contribution in [1.82, 2.24) is 0 Å². The Morgan fingerprint density at radius 1 is 1.44 bits per heavy atom. The van der Waals surface area contributed by atoms with Gasteiger partial charge in [0.25, 0.3) is 0 Å². The molecule has 152 valence electrons. The number of rotatable bonds is 3. The third-order valence-electron chi connectivity index (χ3n) is 6.57. The fourth-order valence-electron chi connectivity index (χ4n) is 4.40. The minimum absolute atomic E-state index is 0.0585. The first-order chi connectivity index (χ1) is 12.5. The fourth-order valence-corrected chi connectivity index (χ4v) is 4.40. The van der Waals surface area contributed by atoms with Crippen LogP contribution in [0.5, 0.6) is 0 Å². The van der Waals surface area contributed by atoms with Crippen LogP contribution < -0.4 is 0 Å². The van der Waals surface area contributed by atoms with Gasteiger partial charge in [0, 0.05) is 24.3 Å². The van der Waals surface area contributed by atoms with Crippen LogP contribution in [0.3, 0.4) is 0 Å². The molecule has 7 nitrogen and oxygen atoms in total. The average Bonchev–Trinajstić information content (AvgIpc) is 2.99. The first-order valence-corrected chi connectivity index (χ1v) is 9.71. The highest BCUT2D eigenvalue weighted by molar-refractivity contribution is 5.91. The zero-order valence-corrected chi connectivity index (χ0v) is 16.4. The lowest BCUT2D eigenvalue weighted by Gasteiger charge is -2.34. The zero-order valence-electron chi connectivity index (χ0n) is 16.4. The maximum absolute atomic E-state index is 12.5. The Bertz CT molecular complexity index is 646. The standard InChI is InChI=1S/C20H30O7/c1-6-10(2)17(22)26-14-8-19(5)15(21)9-20(24,27-19)11(3)7-13-16(14)12(4)18(23)25-13/h10-11,13-16,21,24H,4,6-9H2,1-3,5H3. The highest BCUT2D eigenvalue weighted by Gasteiger charge is 2.60. The van der Waals surface area contributed by atoms with Crippen molar-refractivity contribution in [2.75, 3.05) is 0 Å². The first kappa shape index (κ1) is 20.3. The third-order valence-corrected chi connectivity index (χ3v) is 6.57. The minimum atomic E-state index is -1.52. The van der Waals surface area contributed by atoms with Crippen LogP contribution in [0.25, 0.3) is 0 Å². The predicted octanol–water partition coefficient (Wildman–Crippen LogP) is 1.70. The molecule has 3 aliphatic heterocycles. The molecule has 8 unspecified atom stereocenters. The van der Waals surface area contributed by atoms with Crippen LogP contribution in [-0.4, -0.2) is 51.9 Å². The van der Waals surface area contributed by atoms with Gasteiger partial charge in [-0.25, -0.2) is 4.79 Å². The van der Waals surface area contributed by atoms with E-state index in [1.54, 1.807) is 20.8 Å². The van der Waals surface area contributed by atoms with Gasteiger partial charge in [0.05, 0.1) is 23.5 Å². The van der Waals surface area contributed by atoms with Crippen molar-refractivity contribution in [3.05, 3.63) is 12.2 Å². The van der Waals surface area contributed by atoms with Crippen molar-refractivity contribution in [3.8, 4) is 0 Å². The molecule has 3 heterocycles. The summed E-state index contributed by atoms with van der Waals surface area (Å²) < 4.78 is 17.2. The van der Waals surface area contributed by atoms with Crippen molar-refractivity contribution in [1.29, 1.82) is 0 Å². The summed E-state index contributed by atoms with van der Waals surface area (Å²) in [6.07, 6.45) is -1.05. The molecule has 8 atom stereocenters. The quantitative estimate of drug-likeness (QED) is 0.566. The smallest absolute Gasteiger partial charge is 0.334 e. The van der Waals surface area contributed by atoms with Gasteiger partial charge in [0.1, 0.15) is 12.2 Å². The van der Waals surface area contributed by atoms with Crippen molar-refractivity contribution in [3.63, 3.8) is 0 Å². The summed E-state index contributed by atoms with van der Waals surface area (Å²) in [5.41, 5.74) is -0.846. The van der Waals surface area contributed by atoms with Gasteiger partial charge in [-0.3, -0.25) is 4.79 Å². The highest BCUT2D eigenvalue weighted by atomic mass is 16.7. The maximum atomic E-state index is 12.5. The predicted molar refractivity (Wildman–Crippen MR) is 95.3 cm³/mol. The van der Waals surface area contributed by atoms with Crippen molar-refractivity contribution >= 4 is 11.9 Å². The zero-order chi connectivity index (χ0) is 20.1. The van der Waals surface area contributed by atoms with Crippen LogP contribution in [0.2, 0.25) is 0 Å². The summed E-state index contributed by atoms with van der Waals surface area (Å²) in [7, 11) is 0. The first-order valence-electron chi connectivity index (χ1n) is 9.71. The van der Waals surface area contributed by atoms with Crippen LogP contribution in [-0.2, 0) is 23.8 Å². The van der Waals surface area contributed by atoms with E-state index >= 15 is 0 Å². The second-order valence-electron chi connectivity index (χ2n) is 8.60. The van der Waals surface area contributed by atoms with E-state index in [4.69, 9.17) is 14.2 Å². The normalized spacial score (nSPS) is 45.3. The number of aliphatic hydroxyl groups is 2. The van der Waals surface area contributed by atoms with E-state index in [0.717, 1.165) is 0 Å². The van der Waals surface area contributed by atoms with E-state index in [2.05, 4.69) is 6.58 Å². The number of hydrogen-bond donors (Lipinski definition) is 2. The molecule has 0 aromatic heterocycles. The molecule has 7 heteroatoms. The molecule has 3 fully saturated rings. The Morgan fingerprint density at radius 2 is 2.11 bits per heavy atom. The molecule has 0 radical (unpaired) electrons. The number of aliphatic hydroxyl groups excluding tert-OH is 1. The molecule has 3 aliphatic rings. The second kappa shape index (κ2) is 6.87. The largest absolute Gasteiger partial charge is 0.461 e. The van der Waals surface area contributed by atoms with Crippen LogP contribution >= 0.6 is 0 Å². The molecule has 2 N–H and O–H groups in total. The van der Waals surface area contributed by atoms with E-state index < -0.39 is 41.6 Å². The lowest BCUT2D eigenvalue weighted by Crippen LogP contribution is -2.45. The van der Waals surface area contributed by atoms with Gasteiger partial charge in [-0.2, -0.15) is 0 Å². The summed E-state index contributed by atoms with van der Waals surface area (Å²) in [5, 5.41) is 21.6. The summed E-state index contributed by atoms with van der Waals surface area (Å²) in [5.74, 6) is -3.60. The van der Waals surface area contributed by atoms with Crippen LogP contribution in [0.1, 0.15) is 53.4 Å². The third kappa shape index (κ3) is 3.41. The fraction of sp³-hybridized carbons (Fsp3) is 0.800. The minimum Gasteiger partial charge on any atom is -0.461 e. The van der Waals surface area contributed by atoms with E-state index in [1.165, 1.54) is 0 Å². The van der Waals surface area contributed by atoms with Crippen molar-refractivity contribution in [2.45, 2.75) is 83.1 Å². The number of ether oxygens (including phenoxy) is 3. The summed E-state index contributed by atoms with van der Waals surface area (Å²) in [6.45, 7) is 11.0. The molecule has 0 aromatic rings. The van der Waals surface area contributed by atoms with Crippen LogP contribution in [0.15, 0.2) is 12.2 Å². The number of esters is 2. The molecule has 3 saturated heterocycles. The number of fused-ring (bicyclic) bond motifs is 3. The van der Waals surface area contributed by atoms with Gasteiger partial charge in [0.2, 0.25) is 0 Å². The van der Waals surface area contributed by atoms with Crippen molar-refractivity contribution < 1.29 is 34.0 Å².